The van der Waals surface area contributed by atoms with Gasteiger partial charge in [-0.3, -0.25) is 4.79 Å². The summed E-state index contributed by atoms with van der Waals surface area (Å²) in [6, 6.07) is 9.44. The molecule has 186 valence electrons. The van der Waals surface area contributed by atoms with Gasteiger partial charge in [-0.2, -0.15) is 8.42 Å². The summed E-state index contributed by atoms with van der Waals surface area (Å²) in [5.41, 5.74) is 1.41. The molecule has 0 radical (unpaired) electrons. The Morgan fingerprint density at radius 2 is 1.76 bits per heavy atom. The first-order chi connectivity index (χ1) is 16.2. The van der Waals surface area contributed by atoms with Crippen LogP contribution in [-0.4, -0.2) is 52.6 Å². The number of nitrogens with zero attached hydrogens (tertiary/aromatic N) is 2. The molecular weight excluding hydrogens is 499 g/mol. The highest BCUT2D eigenvalue weighted by molar-refractivity contribution is 7.87. The molecule has 0 saturated heterocycles. The van der Waals surface area contributed by atoms with Gasteiger partial charge in [0, 0.05) is 50.6 Å². The number of amides is 1. The second-order valence-electron chi connectivity index (χ2n) is 8.23. The van der Waals surface area contributed by atoms with Crippen LogP contribution in [0.1, 0.15) is 32.3 Å². The van der Waals surface area contributed by atoms with Crippen molar-refractivity contribution in [3.05, 3.63) is 52.0 Å². The maximum atomic E-state index is 13.1. The smallest absolute Gasteiger partial charge is 0.339 e. The number of carbonyl (C=O) groups excluding carboxylic acids is 1. The Labute approximate surface area is 211 Å². The lowest BCUT2D eigenvalue weighted by atomic mass is 10.1. The first-order valence-corrected chi connectivity index (χ1v) is 13.4. The van der Waals surface area contributed by atoms with Gasteiger partial charge in [-0.1, -0.05) is 29.3 Å². The largest absolute Gasteiger partial charge is 0.379 e. The second kappa shape index (κ2) is 11.6. The van der Waals surface area contributed by atoms with Gasteiger partial charge in [0.25, 0.3) is 0 Å². The molecule has 0 spiro atoms. The molecular formula is C24H30Cl2N2O5S. The Morgan fingerprint density at radius 1 is 1.06 bits per heavy atom. The van der Waals surface area contributed by atoms with E-state index in [1.165, 1.54) is 25.3 Å². The first kappa shape index (κ1) is 26.6. The molecule has 1 aliphatic carbocycles. The van der Waals surface area contributed by atoms with Gasteiger partial charge in [-0.25, -0.2) is 0 Å². The zero-order valence-corrected chi connectivity index (χ0v) is 21.9. The number of ether oxygens (including phenoxy) is 1. The molecule has 1 fully saturated rings. The molecule has 0 aliphatic heterocycles. The number of methoxy groups -OCH3 is 1. The molecule has 7 nitrogen and oxygen atoms in total. The van der Waals surface area contributed by atoms with Crippen molar-refractivity contribution in [2.24, 2.45) is 5.92 Å². The minimum absolute atomic E-state index is 0.0397. The Kier molecular flexibility index (Phi) is 9.09. The van der Waals surface area contributed by atoms with Crippen LogP contribution in [0.2, 0.25) is 10.0 Å². The van der Waals surface area contributed by atoms with Crippen LogP contribution in [0.5, 0.6) is 5.75 Å². The predicted octanol–water partition coefficient (Wildman–Crippen LogP) is 4.99. The van der Waals surface area contributed by atoms with Gasteiger partial charge < -0.3 is 18.7 Å². The third kappa shape index (κ3) is 6.78. The maximum Gasteiger partial charge on any atom is 0.339 e. The predicted molar refractivity (Wildman–Crippen MR) is 134 cm³/mol. The average Bonchev–Trinajstić information content (AvgIpc) is 3.61. The van der Waals surface area contributed by atoms with E-state index in [-0.39, 0.29) is 39.7 Å². The van der Waals surface area contributed by atoms with Crippen molar-refractivity contribution in [3.63, 3.8) is 0 Å². The lowest BCUT2D eigenvalue weighted by Crippen LogP contribution is -2.35. The van der Waals surface area contributed by atoms with E-state index in [4.69, 9.17) is 32.1 Å². The third-order valence-corrected chi connectivity index (χ3v) is 7.69. The number of carbonyl (C=O) groups is 1. The summed E-state index contributed by atoms with van der Waals surface area (Å²) in [4.78, 5) is 16.4. The van der Waals surface area contributed by atoms with E-state index < -0.39 is 10.1 Å². The highest BCUT2D eigenvalue weighted by Gasteiger charge is 2.28. The topological polar surface area (TPSA) is 76.2 Å². The maximum absolute atomic E-state index is 13.1. The fraction of sp³-hybridized carbons (Fsp3) is 0.458. The van der Waals surface area contributed by atoms with Crippen LogP contribution in [-0.2, 0) is 26.2 Å². The van der Waals surface area contributed by atoms with Crippen molar-refractivity contribution in [1.82, 2.24) is 4.90 Å². The van der Waals surface area contributed by atoms with Gasteiger partial charge in [-0.05, 0) is 56.9 Å². The molecule has 2 aromatic carbocycles. The van der Waals surface area contributed by atoms with Crippen molar-refractivity contribution >= 4 is 44.9 Å². The van der Waals surface area contributed by atoms with Gasteiger partial charge in [-0.15, -0.1) is 0 Å². The highest BCUT2D eigenvalue weighted by Crippen LogP contribution is 2.34. The van der Waals surface area contributed by atoms with Crippen molar-refractivity contribution in [3.8, 4) is 5.75 Å². The molecule has 1 aliphatic rings. The van der Waals surface area contributed by atoms with Gasteiger partial charge in [0.15, 0.2) is 0 Å². The zero-order chi connectivity index (χ0) is 24.9. The fourth-order valence-corrected chi connectivity index (χ4v) is 4.97. The number of halogens is 2. The molecule has 3 rings (SSSR count). The summed E-state index contributed by atoms with van der Waals surface area (Å²) < 4.78 is 36.9. The summed E-state index contributed by atoms with van der Waals surface area (Å²) in [5.74, 6) is 0.474. The SMILES string of the molecule is CCN(CC)c1ccc(CN(CC2CC2)C(=O)COC)c(OS(=O)(=O)c2ccc(Cl)c(Cl)c2)c1. The minimum atomic E-state index is -4.20. The number of anilines is 1. The second-order valence-corrected chi connectivity index (χ2v) is 10.6. The molecule has 1 saturated carbocycles. The summed E-state index contributed by atoms with van der Waals surface area (Å²) in [5, 5.41) is 0.362. The van der Waals surface area contributed by atoms with Crippen molar-refractivity contribution in [2.45, 2.75) is 38.1 Å². The van der Waals surface area contributed by atoms with E-state index in [2.05, 4.69) is 4.90 Å². The van der Waals surface area contributed by atoms with Crippen molar-refractivity contribution in [2.75, 3.05) is 38.3 Å². The molecule has 10 heteroatoms. The van der Waals surface area contributed by atoms with Crippen LogP contribution in [0.25, 0.3) is 0 Å². The fourth-order valence-electron chi connectivity index (χ4n) is 3.62. The molecule has 0 aromatic heterocycles. The van der Waals surface area contributed by atoms with Crippen LogP contribution in [0, 0.1) is 5.92 Å². The number of benzene rings is 2. The lowest BCUT2D eigenvalue weighted by Gasteiger charge is -2.26. The molecule has 0 N–H and O–H groups in total. The summed E-state index contributed by atoms with van der Waals surface area (Å²) in [6.45, 7) is 6.30. The van der Waals surface area contributed by atoms with Crippen LogP contribution < -0.4 is 9.08 Å². The van der Waals surface area contributed by atoms with E-state index >= 15 is 0 Å². The van der Waals surface area contributed by atoms with Gasteiger partial charge >= 0.3 is 10.1 Å². The van der Waals surface area contributed by atoms with Gasteiger partial charge in [0.2, 0.25) is 5.91 Å². The van der Waals surface area contributed by atoms with Crippen molar-refractivity contribution < 1.29 is 22.1 Å². The quantitative estimate of drug-likeness (QED) is 0.361. The summed E-state index contributed by atoms with van der Waals surface area (Å²) in [7, 11) is -2.72. The molecule has 34 heavy (non-hydrogen) atoms. The Hall–Kier alpha value is -2.00. The summed E-state index contributed by atoms with van der Waals surface area (Å²) in [6.07, 6.45) is 2.15. The van der Waals surface area contributed by atoms with E-state index in [1.807, 2.05) is 26.0 Å². The molecule has 0 heterocycles. The Bertz CT molecular complexity index is 1120. The monoisotopic (exact) mass is 528 g/mol. The van der Waals surface area contributed by atoms with Crippen LogP contribution in [0.4, 0.5) is 5.69 Å². The van der Waals surface area contributed by atoms with Gasteiger partial charge in [0.05, 0.1) is 10.0 Å². The van der Waals surface area contributed by atoms with Crippen LogP contribution in [0.3, 0.4) is 0 Å². The standard InChI is InChI=1S/C24H30Cl2N2O5S/c1-4-27(5-2)19-9-8-18(15-28(14-17-6-7-17)24(29)16-32-3)23(12-19)33-34(30,31)20-10-11-21(25)22(26)13-20/h8-13,17H,4-7,14-16H2,1-3H3. The summed E-state index contributed by atoms with van der Waals surface area (Å²) >= 11 is 12.0. The van der Waals surface area contributed by atoms with E-state index in [0.29, 0.717) is 18.0 Å². The molecule has 0 atom stereocenters. The van der Waals surface area contributed by atoms with Crippen LogP contribution >= 0.6 is 23.2 Å². The Morgan fingerprint density at radius 3 is 2.35 bits per heavy atom. The zero-order valence-electron chi connectivity index (χ0n) is 19.6. The molecule has 2 aromatic rings. The number of rotatable bonds is 12. The number of hydrogen-bond donors (Lipinski definition) is 0. The van der Waals surface area contributed by atoms with E-state index in [9.17, 15) is 13.2 Å². The highest BCUT2D eigenvalue weighted by atomic mass is 35.5. The lowest BCUT2D eigenvalue weighted by molar-refractivity contribution is -0.136. The first-order valence-electron chi connectivity index (χ1n) is 11.2. The molecule has 1 amide bonds. The van der Waals surface area contributed by atoms with E-state index in [1.54, 1.807) is 11.0 Å². The van der Waals surface area contributed by atoms with Crippen LogP contribution in [0.15, 0.2) is 41.3 Å². The Balaban J connectivity index is 1.98. The van der Waals surface area contributed by atoms with Gasteiger partial charge in [0.1, 0.15) is 17.3 Å². The minimum Gasteiger partial charge on any atom is -0.379 e. The molecule has 0 bridgehead atoms. The third-order valence-electron chi connectivity index (χ3n) is 5.72. The molecule has 0 unspecified atom stereocenters. The normalized spacial score (nSPS) is 13.6. The number of hydrogen-bond acceptors (Lipinski definition) is 6. The average molecular weight is 529 g/mol. The van der Waals surface area contributed by atoms with E-state index in [0.717, 1.165) is 31.6 Å². The van der Waals surface area contributed by atoms with Crippen molar-refractivity contribution in [1.29, 1.82) is 0 Å².